The monoisotopic (exact) mass is 392 g/mol. The second kappa shape index (κ2) is 9.20. The lowest BCUT2D eigenvalue weighted by Crippen LogP contribution is -2.20. The van der Waals surface area contributed by atoms with Gasteiger partial charge in [-0.3, -0.25) is 9.79 Å². The van der Waals surface area contributed by atoms with Crippen LogP contribution in [0.1, 0.15) is 16.7 Å². The first-order valence-electron chi connectivity index (χ1n) is 8.89. The third kappa shape index (κ3) is 5.69. The standard InChI is InChI=1S/C23H21ClN2O2/c1-16-6-9-19(10-7-16)25-14-18-4-3-5-21(12-18)28-15-23(27)26-20-11-8-17(2)22(24)13-20/h3-14H,15H2,1-2H3,(H,26,27). The number of nitrogens with zero attached hydrogens (tertiary/aromatic N) is 1. The minimum atomic E-state index is -0.251. The first-order valence-corrected chi connectivity index (χ1v) is 9.27. The SMILES string of the molecule is Cc1ccc(N=Cc2cccc(OCC(=O)Nc3ccc(C)c(Cl)c3)c2)cc1. The van der Waals surface area contributed by atoms with Crippen molar-refractivity contribution >= 4 is 35.1 Å². The molecule has 0 fully saturated rings. The van der Waals surface area contributed by atoms with Gasteiger partial charge in [0.15, 0.2) is 6.61 Å². The minimum Gasteiger partial charge on any atom is -0.484 e. The van der Waals surface area contributed by atoms with Crippen LogP contribution in [0.5, 0.6) is 5.75 Å². The van der Waals surface area contributed by atoms with E-state index in [4.69, 9.17) is 16.3 Å². The topological polar surface area (TPSA) is 50.7 Å². The Hall–Kier alpha value is -3.11. The third-order valence-corrected chi connectivity index (χ3v) is 4.49. The van der Waals surface area contributed by atoms with E-state index in [0.29, 0.717) is 16.5 Å². The Morgan fingerprint density at radius 2 is 1.86 bits per heavy atom. The fourth-order valence-corrected chi connectivity index (χ4v) is 2.66. The number of carbonyl (C=O) groups excluding carboxylic acids is 1. The lowest BCUT2D eigenvalue weighted by molar-refractivity contribution is -0.118. The highest BCUT2D eigenvalue weighted by atomic mass is 35.5. The van der Waals surface area contributed by atoms with Gasteiger partial charge in [0.05, 0.1) is 5.69 Å². The van der Waals surface area contributed by atoms with Crippen LogP contribution in [0, 0.1) is 13.8 Å². The number of hydrogen-bond donors (Lipinski definition) is 1. The summed E-state index contributed by atoms with van der Waals surface area (Å²) in [7, 11) is 0. The highest BCUT2D eigenvalue weighted by Gasteiger charge is 2.05. The van der Waals surface area contributed by atoms with E-state index in [1.807, 2.05) is 62.4 Å². The highest BCUT2D eigenvalue weighted by Crippen LogP contribution is 2.20. The maximum atomic E-state index is 12.1. The second-order valence-corrected chi connectivity index (χ2v) is 6.87. The number of benzene rings is 3. The molecule has 1 amide bonds. The van der Waals surface area contributed by atoms with Crippen molar-refractivity contribution in [1.82, 2.24) is 0 Å². The van der Waals surface area contributed by atoms with Gasteiger partial charge in [0, 0.05) is 16.9 Å². The van der Waals surface area contributed by atoms with E-state index >= 15 is 0 Å². The molecule has 1 N–H and O–H groups in total. The summed E-state index contributed by atoms with van der Waals surface area (Å²) in [4.78, 5) is 16.6. The van der Waals surface area contributed by atoms with Gasteiger partial charge in [-0.1, -0.05) is 47.5 Å². The van der Waals surface area contributed by atoms with Gasteiger partial charge in [-0.2, -0.15) is 0 Å². The maximum Gasteiger partial charge on any atom is 0.262 e. The average molecular weight is 393 g/mol. The van der Waals surface area contributed by atoms with Gasteiger partial charge in [-0.05, 0) is 61.4 Å². The zero-order chi connectivity index (χ0) is 19.9. The predicted octanol–water partition coefficient (Wildman–Crippen LogP) is 5.72. The molecule has 0 heterocycles. The molecule has 4 nitrogen and oxygen atoms in total. The van der Waals surface area contributed by atoms with Crippen LogP contribution in [0.25, 0.3) is 0 Å². The van der Waals surface area contributed by atoms with Crippen molar-refractivity contribution in [2.75, 3.05) is 11.9 Å². The summed E-state index contributed by atoms with van der Waals surface area (Å²) in [6.45, 7) is 3.86. The van der Waals surface area contributed by atoms with Crippen LogP contribution >= 0.6 is 11.6 Å². The molecule has 3 rings (SSSR count). The maximum absolute atomic E-state index is 12.1. The number of hydrogen-bond acceptors (Lipinski definition) is 3. The fraction of sp³-hybridized carbons (Fsp3) is 0.130. The number of aryl methyl sites for hydroxylation is 2. The van der Waals surface area contributed by atoms with Crippen LogP contribution in [0.2, 0.25) is 5.02 Å². The summed E-state index contributed by atoms with van der Waals surface area (Å²) in [5.41, 5.74) is 4.57. The molecular formula is C23H21ClN2O2. The lowest BCUT2D eigenvalue weighted by Gasteiger charge is -2.09. The summed E-state index contributed by atoms with van der Waals surface area (Å²) in [6, 6.07) is 20.8. The Morgan fingerprint density at radius 3 is 2.61 bits per heavy atom. The second-order valence-electron chi connectivity index (χ2n) is 6.47. The molecule has 0 aliphatic rings. The molecule has 0 radical (unpaired) electrons. The Morgan fingerprint density at radius 1 is 1.07 bits per heavy atom. The molecule has 0 atom stereocenters. The molecule has 0 bridgehead atoms. The molecule has 0 saturated carbocycles. The zero-order valence-electron chi connectivity index (χ0n) is 15.8. The highest BCUT2D eigenvalue weighted by molar-refractivity contribution is 6.31. The van der Waals surface area contributed by atoms with Gasteiger partial charge >= 0.3 is 0 Å². The van der Waals surface area contributed by atoms with Crippen molar-refractivity contribution in [3.05, 3.63) is 88.4 Å². The Kier molecular flexibility index (Phi) is 6.45. The molecular weight excluding hydrogens is 372 g/mol. The van der Waals surface area contributed by atoms with Crippen molar-refractivity contribution in [2.24, 2.45) is 4.99 Å². The van der Waals surface area contributed by atoms with Crippen molar-refractivity contribution in [3.8, 4) is 5.75 Å². The average Bonchev–Trinajstić information content (AvgIpc) is 2.69. The summed E-state index contributed by atoms with van der Waals surface area (Å²) in [6.07, 6.45) is 1.77. The number of halogens is 1. The van der Waals surface area contributed by atoms with Crippen LogP contribution in [0.3, 0.4) is 0 Å². The van der Waals surface area contributed by atoms with Crippen LogP contribution in [0.4, 0.5) is 11.4 Å². The molecule has 5 heteroatoms. The molecule has 142 valence electrons. The molecule has 3 aromatic rings. The lowest BCUT2D eigenvalue weighted by atomic mass is 10.2. The number of nitrogens with one attached hydrogen (secondary N) is 1. The normalized spacial score (nSPS) is 10.8. The quantitative estimate of drug-likeness (QED) is 0.545. The van der Waals surface area contributed by atoms with E-state index in [1.165, 1.54) is 5.56 Å². The predicted molar refractivity (Wildman–Crippen MR) is 115 cm³/mol. The van der Waals surface area contributed by atoms with E-state index in [0.717, 1.165) is 16.8 Å². The van der Waals surface area contributed by atoms with E-state index in [-0.39, 0.29) is 12.5 Å². The molecule has 0 aliphatic carbocycles. The van der Waals surface area contributed by atoms with E-state index in [2.05, 4.69) is 10.3 Å². The Labute approximate surface area is 169 Å². The molecule has 0 aliphatic heterocycles. The summed E-state index contributed by atoms with van der Waals surface area (Å²) < 4.78 is 5.60. The zero-order valence-corrected chi connectivity index (χ0v) is 16.5. The van der Waals surface area contributed by atoms with Gasteiger partial charge < -0.3 is 10.1 Å². The van der Waals surface area contributed by atoms with Crippen molar-refractivity contribution < 1.29 is 9.53 Å². The molecule has 28 heavy (non-hydrogen) atoms. The number of anilines is 1. The van der Waals surface area contributed by atoms with Gasteiger partial charge in [0.1, 0.15) is 5.75 Å². The van der Waals surface area contributed by atoms with Crippen LogP contribution in [0.15, 0.2) is 71.7 Å². The fourth-order valence-electron chi connectivity index (χ4n) is 2.48. The number of carbonyl (C=O) groups is 1. The Bertz CT molecular complexity index is 998. The molecule has 3 aromatic carbocycles. The number of amides is 1. The summed E-state index contributed by atoms with van der Waals surface area (Å²) in [5.74, 6) is 0.351. The number of ether oxygens (including phenoxy) is 1. The van der Waals surface area contributed by atoms with Crippen LogP contribution in [-0.4, -0.2) is 18.7 Å². The van der Waals surface area contributed by atoms with Gasteiger partial charge in [-0.25, -0.2) is 0 Å². The first-order chi connectivity index (χ1) is 13.5. The van der Waals surface area contributed by atoms with E-state index < -0.39 is 0 Å². The van der Waals surface area contributed by atoms with Crippen LogP contribution in [-0.2, 0) is 4.79 Å². The van der Waals surface area contributed by atoms with Gasteiger partial charge in [-0.15, -0.1) is 0 Å². The largest absolute Gasteiger partial charge is 0.484 e. The summed E-state index contributed by atoms with van der Waals surface area (Å²) >= 11 is 6.07. The molecule has 0 saturated heterocycles. The Balaban J connectivity index is 1.57. The molecule has 0 unspecified atom stereocenters. The molecule has 0 spiro atoms. The summed E-state index contributed by atoms with van der Waals surface area (Å²) in [5, 5.41) is 3.38. The minimum absolute atomic E-state index is 0.0932. The van der Waals surface area contributed by atoms with E-state index in [1.54, 1.807) is 24.4 Å². The molecule has 0 aromatic heterocycles. The van der Waals surface area contributed by atoms with Crippen molar-refractivity contribution in [3.63, 3.8) is 0 Å². The van der Waals surface area contributed by atoms with Gasteiger partial charge in [0.2, 0.25) is 0 Å². The number of rotatable bonds is 6. The van der Waals surface area contributed by atoms with Crippen molar-refractivity contribution in [2.45, 2.75) is 13.8 Å². The van der Waals surface area contributed by atoms with Crippen molar-refractivity contribution in [1.29, 1.82) is 0 Å². The van der Waals surface area contributed by atoms with Gasteiger partial charge in [0.25, 0.3) is 5.91 Å². The number of aliphatic imine (C=N–C) groups is 1. The smallest absolute Gasteiger partial charge is 0.262 e. The first kappa shape index (κ1) is 19.6. The third-order valence-electron chi connectivity index (χ3n) is 4.08. The van der Waals surface area contributed by atoms with E-state index in [9.17, 15) is 4.79 Å². The van der Waals surface area contributed by atoms with Crippen LogP contribution < -0.4 is 10.1 Å².